The molecule has 0 bridgehead atoms. The molecule has 0 unspecified atom stereocenters. The van der Waals surface area contributed by atoms with Crippen LogP contribution in [0.15, 0.2) is 0 Å². The van der Waals surface area contributed by atoms with E-state index in [0.29, 0.717) is 12.8 Å². The molecule has 0 saturated heterocycles. The summed E-state index contributed by atoms with van der Waals surface area (Å²) in [6, 6.07) is 0.0524. The minimum Gasteiger partial charge on any atom is -0.469 e. The van der Waals surface area contributed by atoms with Crippen LogP contribution in [0.3, 0.4) is 0 Å². The lowest BCUT2D eigenvalue weighted by molar-refractivity contribution is -0.140. The Balaban J connectivity index is 3.72. The normalized spacial score (nSPS) is 14.1. The monoisotopic (exact) mass is 173 g/mol. The number of nitrogens with two attached hydrogens (primary N) is 1. The van der Waals surface area contributed by atoms with Gasteiger partial charge >= 0.3 is 5.97 Å². The Morgan fingerprint density at radius 2 is 2.00 bits per heavy atom. The molecule has 0 spiro atoms. The molecule has 1 atom stereocenters. The van der Waals surface area contributed by atoms with E-state index < -0.39 is 0 Å². The van der Waals surface area contributed by atoms with Crippen molar-refractivity contribution in [2.75, 3.05) is 7.11 Å². The average molecular weight is 173 g/mol. The predicted octanol–water partition coefficient (Wildman–Crippen LogP) is 1.31. The Bertz CT molecular complexity index is 149. The Labute approximate surface area is 74.3 Å². The molecule has 2 N–H and O–H groups in total. The van der Waals surface area contributed by atoms with Gasteiger partial charge in [0.25, 0.3) is 0 Å². The molecule has 0 aliphatic carbocycles. The minimum absolute atomic E-state index is 0.0524. The van der Waals surface area contributed by atoms with Gasteiger partial charge in [-0.15, -0.1) is 0 Å². The molecule has 0 amide bonds. The van der Waals surface area contributed by atoms with Gasteiger partial charge in [0.1, 0.15) is 0 Å². The first-order valence-electron chi connectivity index (χ1n) is 4.20. The van der Waals surface area contributed by atoms with Crippen molar-refractivity contribution in [2.45, 2.75) is 39.7 Å². The van der Waals surface area contributed by atoms with Crippen molar-refractivity contribution < 1.29 is 9.53 Å². The summed E-state index contributed by atoms with van der Waals surface area (Å²) in [5.74, 6) is -0.185. The first-order chi connectivity index (χ1) is 5.38. The first-order valence-corrected chi connectivity index (χ1v) is 4.20. The van der Waals surface area contributed by atoms with E-state index >= 15 is 0 Å². The topological polar surface area (TPSA) is 52.3 Å². The van der Waals surface area contributed by atoms with Crippen molar-refractivity contribution in [3.05, 3.63) is 0 Å². The first kappa shape index (κ1) is 11.4. The Morgan fingerprint density at radius 3 is 2.33 bits per heavy atom. The Hall–Kier alpha value is -0.570. The van der Waals surface area contributed by atoms with Crippen LogP contribution >= 0.6 is 0 Å². The molecular weight excluding hydrogens is 154 g/mol. The van der Waals surface area contributed by atoms with Crippen molar-refractivity contribution in [2.24, 2.45) is 11.1 Å². The van der Waals surface area contributed by atoms with E-state index in [1.807, 2.05) is 0 Å². The lowest BCUT2D eigenvalue weighted by Gasteiger charge is -2.26. The standard InChI is InChI=1S/C9H19NO2/c1-9(2,3)7(10)5-6-8(11)12-4/h7H,5-6,10H2,1-4H3/t7-/m0/s1. The van der Waals surface area contributed by atoms with Gasteiger partial charge < -0.3 is 10.5 Å². The van der Waals surface area contributed by atoms with Gasteiger partial charge in [0, 0.05) is 12.5 Å². The number of ether oxygens (including phenoxy) is 1. The summed E-state index contributed by atoms with van der Waals surface area (Å²) in [7, 11) is 1.39. The third-order valence-electron chi connectivity index (χ3n) is 2.00. The molecule has 3 heteroatoms. The molecule has 0 aliphatic heterocycles. The summed E-state index contributed by atoms with van der Waals surface area (Å²) >= 11 is 0. The van der Waals surface area contributed by atoms with Gasteiger partial charge in [-0.1, -0.05) is 20.8 Å². The van der Waals surface area contributed by atoms with E-state index in [0.717, 1.165) is 0 Å². The van der Waals surface area contributed by atoms with Crippen LogP contribution in [-0.4, -0.2) is 19.1 Å². The fourth-order valence-corrected chi connectivity index (χ4v) is 0.808. The largest absolute Gasteiger partial charge is 0.469 e. The summed E-state index contributed by atoms with van der Waals surface area (Å²) in [6.07, 6.45) is 1.10. The number of methoxy groups -OCH3 is 1. The highest BCUT2D eigenvalue weighted by Gasteiger charge is 2.20. The third-order valence-corrected chi connectivity index (χ3v) is 2.00. The van der Waals surface area contributed by atoms with Crippen LogP contribution in [0.4, 0.5) is 0 Å². The smallest absolute Gasteiger partial charge is 0.305 e. The van der Waals surface area contributed by atoms with E-state index in [2.05, 4.69) is 25.5 Å². The molecule has 0 fully saturated rings. The van der Waals surface area contributed by atoms with Crippen LogP contribution < -0.4 is 5.73 Å². The van der Waals surface area contributed by atoms with E-state index in [-0.39, 0.29) is 17.4 Å². The quantitative estimate of drug-likeness (QED) is 0.655. The lowest BCUT2D eigenvalue weighted by Crippen LogP contribution is -2.35. The van der Waals surface area contributed by atoms with Crippen molar-refractivity contribution in [3.8, 4) is 0 Å². The molecule has 0 heterocycles. The van der Waals surface area contributed by atoms with Crippen LogP contribution in [0, 0.1) is 5.41 Å². The second kappa shape index (κ2) is 4.45. The number of hydrogen-bond acceptors (Lipinski definition) is 3. The molecular formula is C9H19NO2. The van der Waals surface area contributed by atoms with Gasteiger partial charge in [0.15, 0.2) is 0 Å². The number of hydrogen-bond donors (Lipinski definition) is 1. The van der Waals surface area contributed by atoms with Crippen LogP contribution in [0.5, 0.6) is 0 Å². The van der Waals surface area contributed by atoms with Crippen LogP contribution in [0.1, 0.15) is 33.6 Å². The number of rotatable bonds is 3. The number of carbonyl (C=O) groups excluding carboxylic acids is 1. The molecule has 72 valence electrons. The van der Waals surface area contributed by atoms with Crippen LogP contribution in [0.2, 0.25) is 0 Å². The zero-order valence-corrected chi connectivity index (χ0v) is 8.39. The van der Waals surface area contributed by atoms with Crippen molar-refractivity contribution >= 4 is 5.97 Å². The highest BCUT2D eigenvalue weighted by atomic mass is 16.5. The van der Waals surface area contributed by atoms with Gasteiger partial charge in [-0.05, 0) is 11.8 Å². The third kappa shape index (κ3) is 4.34. The van der Waals surface area contributed by atoms with Gasteiger partial charge in [0.05, 0.1) is 7.11 Å². The maximum absolute atomic E-state index is 10.8. The minimum atomic E-state index is -0.185. The molecule has 3 nitrogen and oxygen atoms in total. The van der Waals surface area contributed by atoms with E-state index in [1.54, 1.807) is 0 Å². The molecule has 12 heavy (non-hydrogen) atoms. The zero-order chi connectivity index (χ0) is 9.78. The zero-order valence-electron chi connectivity index (χ0n) is 8.39. The second-order valence-electron chi connectivity index (χ2n) is 4.09. The summed E-state index contributed by atoms with van der Waals surface area (Å²) in [4.78, 5) is 10.8. The van der Waals surface area contributed by atoms with E-state index in [4.69, 9.17) is 5.73 Å². The van der Waals surface area contributed by atoms with Crippen molar-refractivity contribution in [1.29, 1.82) is 0 Å². The predicted molar refractivity (Wildman–Crippen MR) is 48.7 cm³/mol. The molecule has 0 aromatic heterocycles. The fourth-order valence-electron chi connectivity index (χ4n) is 0.808. The van der Waals surface area contributed by atoms with Gasteiger partial charge in [0.2, 0.25) is 0 Å². The highest BCUT2D eigenvalue weighted by Crippen LogP contribution is 2.20. The SMILES string of the molecule is COC(=O)CC[C@H](N)C(C)(C)C. The van der Waals surface area contributed by atoms with E-state index in [1.165, 1.54) is 7.11 Å². The molecule has 0 aliphatic rings. The van der Waals surface area contributed by atoms with Gasteiger partial charge in [-0.3, -0.25) is 4.79 Å². The summed E-state index contributed by atoms with van der Waals surface area (Å²) in [5.41, 5.74) is 5.91. The van der Waals surface area contributed by atoms with Crippen molar-refractivity contribution in [3.63, 3.8) is 0 Å². The molecule has 0 rings (SSSR count). The molecule has 0 radical (unpaired) electrons. The van der Waals surface area contributed by atoms with Crippen molar-refractivity contribution in [1.82, 2.24) is 0 Å². The van der Waals surface area contributed by atoms with Crippen LogP contribution in [-0.2, 0) is 9.53 Å². The number of esters is 1. The lowest BCUT2D eigenvalue weighted by atomic mass is 9.85. The second-order valence-corrected chi connectivity index (χ2v) is 4.09. The maximum atomic E-state index is 10.8. The molecule has 0 aromatic rings. The highest BCUT2D eigenvalue weighted by molar-refractivity contribution is 5.69. The summed E-state index contributed by atoms with van der Waals surface area (Å²) < 4.78 is 4.52. The van der Waals surface area contributed by atoms with E-state index in [9.17, 15) is 4.79 Å². The van der Waals surface area contributed by atoms with Gasteiger partial charge in [-0.25, -0.2) is 0 Å². The maximum Gasteiger partial charge on any atom is 0.305 e. The Kier molecular flexibility index (Phi) is 4.24. The average Bonchev–Trinajstić information content (AvgIpc) is 1.97. The fraction of sp³-hybridized carbons (Fsp3) is 0.889. The Morgan fingerprint density at radius 1 is 1.50 bits per heavy atom. The van der Waals surface area contributed by atoms with Crippen LogP contribution in [0.25, 0.3) is 0 Å². The molecule has 0 aromatic carbocycles. The van der Waals surface area contributed by atoms with Gasteiger partial charge in [-0.2, -0.15) is 0 Å². The summed E-state index contributed by atoms with van der Waals surface area (Å²) in [6.45, 7) is 6.19. The molecule has 0 saturated carbocycles. The number of carbonyl (C=O) groups is 1. The summed E-state index contributed by atoms with van der Waals surface area (Å²) in [5, 5.41) is 0.